The lowest BCUT2D eigenvalue weighted by Crippen LogP contribution is -2.17. The van der Waals surface area contributed by atoms with Crippen molar-refractivity contribution in [2.45, 2.75) is 34.2 Å². The molecule has 156 valence electrons. The number of benzene rings is 3. The van der Waals surface area contributed by atoms with Crippen LogP contribution >= 0.6 is 0 Å². The largest absolute Gasteiger partial charge is 0.376 e. The van der Waals surface area contributed by atoms with Crippen molar-refractivity contribution in [1.82, 2.24) is 9.55 Å². The minimum Gasteiger partial charge on any atom is -0.376 e. The van der Waals surface area contributed by atoms with Gasteiger partial charge in [0.25, 0.3) is 0 Å². The van der Waals surface area contributed by atoms with E-state index in [1.807, 2.05) is 44.9 Å². The standard InChI is InChI=1S/C24H25N3O.C2H6/c1-17-6-4-5-7-22(17)20-10-8-19(9-11-20)15-27-18(2)25-23-13-12-21(14-24(23)27)26(3)16-28;1-2/h4-14,28H,15-16H2,1-3H3;1-2H3. The Hall–Kier alpha value is -3.11. The SMILES string of the molecule is CC.Cc1ccccc1-c1ccc(Cn2c(C)nc3ccc(N(C)CO)cc32)cc1. The van der Waals surface area contributed by atoms with Gasteiger partial charge in [-0.15, -0.1) is 0 Å². The lowest BCUT2D eigenvalue weighted by atomic mass is 9.99. The Morgan fingerprint density at radius 3 is 2.30 bits per heavy atom. The highest BCUT2D eigenvalue weighted by atomic mass is 16.3. The summed E-state index contributed by atoms with van der Waals surface area (Å²) in [6, 6.07) is 23.3. The second-order valence-corrected chi connectivity index (χ2v) is 7.27. The summed E-state index contributed by atoms with van der Waals surface area (Å²) in [4.78, 5) is 6.50. The van der Waals surface area contributed by atoms with Crippen LogP contribution in [0.2, 0.25) is 0 Å². The smallest absolute Gasteiger partial charge is 0.115 e. The number of aryl methyl sites for hydroxylation is 2. The number of aromatic nitrogens is 2. The van der Waals surface area contributed by atoms with Gasteiger partial charge in [-0.05, 0) is 54.3 Å². The van der Waals surface area contributed by atoms with Gasteiger partial charge in [-0.1, -0.05) is 62.4 Å². The van der Waals surface area contributed by atoms with Crippen molar-refractivity contribution in [3.63, 3.8) is 0 Å². The van der Waals surface area contributed by atoms with Crippen LogP contribution in [0, 0.1) is 13.8 Å². The van der Waals surface area contributed by atoms with E-state index in [9.17, 15) is 5.11 Å². The minimum absolute atomic E-state index is 0.0149. The van der Waals surface area contributed by atoms with Gasteiger partial charge in [0.05, 0.1) is 11.0 Å². The van der Waals surface area contributed by atoms with Crippen molar-refractivity contribution in [2.24, 2.45) is 0 Å². The maximum atomic E-state index is 9.41. The number of rotatable bonds is 5. The average molecular weight is 402 g/mol. The van der Waals surface area contributed by atoms with Gasteiger partial charge in [0.2, 0.25) is 0 Å². The molecule has 1 heterocycles. The van der Waals surface area contributed by atoms with Crippen LogP contribution in [0.3, 0.4) is 0 Å². The molecular formula is C26H31N3O. The van der Waals surface area contributed by atoms with Crippen LogP contribution in [0.15, 0.2) is 66.7 Å². The van der Waals surface area contributed by atoms with Gasteiger partial charge in [0.15, 0.2) is 0 Å². The molecule has 4 aromatic rings. The lowest BCUT2D eigenvalue weighted by molar-refractivity contribution is 0.298. The molecule has 1 aromatic heterocycles. The molecule has 4 nitrogen and oxygen atoms in total. The molecular weight excluding hydrogens is 370 g/mol. The van der Waals surface area contributed by atoms with Crippen LogP contribution in [0.5, 0.6) is 0 Å². The van der Waals surface area contributed by atoms with Crippen molar-refractivity contribution >= 4 is 16.7 Å². The van der Waals surface area contributed by atoms with Crippen LogP contribution in [-0.4, -0.2) is 28.4 Å². The average Bonchev–Trinajstić information content (AvgIpc) is 3.10. The Morgan fingerprint density at radius 2 is 1.63 bits per heavy atom. The first-order valence-corrected chi connectivity index (χ1v) is 10.5. The van der Waals surface area contributed by atoms with Crippen molar-refractivity contribution in [3.8, 4) is 11.1 Å². The summed E-state index contributed by atoms with van der Waals surface area (Å²) < 4.78 is 2.23. The zero-order valence-corrected chi connectivity index (χ0v) is 18.6. The van der Waals surface area contributed by atoms with Gasteiger partial charge in [0.1, 0.15) is 12.6 Å². The summed E-state index contributed by atoms with van der Waals surface area (Å²) in [5, 5.41) is 9.41. The number of fused-ring (bicyclic) bond motifs is 1. The van der Waals surface area contributed by atoms with Gasteiger partial charge < -0.3 is 14.6 Å². The van der Waals surface area contributed by atoms with Crippen LogP contribution < -0.4 is 4.90 Å². The van der Waals surface area contributed by atoms with Crippen LogP contribution in [-0.2, 0) is 6.54 Å². The third kappa shape index (κ3) is 4.39. The highest BCUT2D eigenvalue weighted by Crippen LogP contribution is 2.26. The molecule has 4 rings (SSSR count). The van der Waals surface area contributed by atoms with Crippen LogP contribution in [0.4, 0.5) is 5.69 Å². The van der Waals surface area contributed by atoms with E-state index in [4.69, 9.17) is 4.98 Å². The van der Waals surface area contributed by atoms with E-state index in [1.165, 1.54) is 22.3 Å². The molecule has 0 atom stereocenters. The molecule has 1 N–H and O–H groups in total. The fourth-order valence-corrected chi connectivity index (χ4v) is 3.62. The first-order chi connectivity index (χ1) is 14.6. The molecule has 0 aliphatic heterocycles. The molecule has 4 heteroatoms. The summed E-state index contributed by atoms with van der Waals surface area (Å²) in [6.45, 7) is 8.93. The Kier molecular flexibility index (Phi) is 6.91. The van der Waals surface area contributed by atoms with E-state index in [-0.39, 0.29) is 6.73 Å². The van der Waals surface area contributed by atoms with Crippen molar-refractivity contribution in [1.29, 1.82) is 0 Å². The first kappa shape index (κ1) is 21.6. The normalized spacial score (nSPS) is 10.6. The number of aliphatic hydroxyl groups excluding tert-OH is 1. The second kappa shape index (κ2) is 9.59. The molecule has 0 bridgehead atoms. The first-order valence-electron chi connectivity index (χ1n) is 10.5. The predicted molar refractivity (Wildman–Crippen MR) is 127 cm³/mol. The van der Waals surface area contributed by atoms with Gasteiger partial charge in [-0.3, -0.25) is 0 Å². The quantitative estimate of drug-likeness (QED) is 0.431. The molecule has 0 saturated carbocycles. The molecule has 30 heavy (non-hydrogen) atoms. The van der Waals surface area contributed by atoms with Crippen LogP contribution in [0.25, 0.3) is 22.2 Å². The van der Waals surface area contributed by atoms with Gasteiger partial charge >= 0.3 is 0 Å². The van der Waals surface area contributed by atoms with E-state index in [1.54, 1.807) is 0 Å². The third-order valence-corrected chi connectivity index (χ3v) is 5.33. The number of anilines is 1. The topological polar surface area (TPSA) is 41.3 Å². The summed E-state index contributed by atoms with van der Waals surface area (Å²) in [6.07, 6.45) is 0. The lowest BCUT2D eigenvalue weighted by Gasteiger charge is -2.16. The van der Waals surface area contributed by atoms with Crippen molar-refractivity contribution in [3.05, 3.63) is 83.7 Å². The maximum Gasteiger partial charge on any atom is 0.115 e. The van der Waals surface area contributed by atoms with E-state index < -0.39 is 0 Å². The van der Waals surface area contributed by atoms with Gasteiger partial charge in [0, 0.05) is 19.3 Å². The molecule has 0 saturated heterocycles. The molecule has 0 radical (unpaired) electrons. The Morgan fingerprint density at radius 1 is 0.933 bits per heavy atom. The number of imidazole rings is 1. The Labute approximate surface area is 179 Å². The fourth-order valence-electron chi connectivity index (χ4n) is 3.62. The molecule has 0 fully saturated rings. The highest BCUT2D eigenvalue weighted by Gasteiger charge is 2.10. The van der Waals surface area contributed by atoms with Gasteiger partial charge in [-0.2, -0.15) is 0 Å². The summed E-state index contributed by atoms with van der Waals surface area (Å²) in [7, 11) is 1.87. The Bertz CT molecular complexity index is 1110. The second-order valence-electron chi connectivity index (χ2n) is 7.27. The van der Waals surface area contributed by atoms with E-state index in [0.717, 1.165) is 29.1 Å². The number of aliphatic hydroxyl groups is 1. The summed E-state index contributed by atoms with van der Waals surface area (Å²) in [5.41, 5.74) is 8.07. The molecule has 0 aliphatic rings. The monoisotopic (exact) mass is 401 g/mol. The highest BCUT2D eigenvalue weighted by molar-refractivity contribution is 5.80. The minimum atomic E-state index is -0.0149. The molecule has 0 amide bonds. The summed E-state index contributed by atoms with van der Waals surface area (Å²) in [5.74, 6) is 0.988. The van der Waals surface area contributed by atoms with E-state index >= 15 is 0 Å². The number of hydrogen-bond acceptors (Lipinski definition) is 3. The van der Waals surface area contributed by atoms with Gasteiger partial charge in [-0.25, -0.2) is 4.98 Å². The molecule has 3 aromatic carbocycles. The van der Waals surface area contributed by atoms with Crippen molar-refractivity contribution < 1.29 is 5.11 Å². The van der Waals surface area contributed by atoms with Crippen LogP contribution in [0.1, 0.15) is 30.8 Å². The third-order valence-electron chi connectivity index (χ3n) is 5.33. The number of nitrogens with zero attached hydrogens (tertiary/aromatic N) is 3. The maximum absolute atomic E-state index is 9.41. The molecule has 0 spiro atoms. The summed E-state index contributed by atoms with van der Waals surface area (Å²) >= 11 is 0. The van der Waals surface area contributed by atoms with E-state index in [0.29, 0.717) is 0 Å². The van der Waals surface area contributed by atoms with E-state index in [2.05, 4.69) is 66.1 Å². The zero-order chi connectivity index (χ0) is 21.7. The molecule has 0 unspecified atom stereocenters. The Balaban J connectivity index is 0.00000124. The zero-order valence-electron chi connectivity index (χ0n) is 18.6. The predicted octanol–water partition coefficient (Wildman–Crippen LogP) is 5.78. The number of hydrogen-bond donors (Lipinski definition) is 1. The molecule has 0 aliphatic carbocycles. The fraction of sp³-hybridized carbons (Fsp3) is 0.269. The van der Waals surface area contributed by atoms with Crippen molar-refractivity contribution in [2.75, 3.05) is 18.7 Å².